The first-order chi connectivity index (χ1) is 14.2. The molecule has 0 radical (unpaired) electrons. The number of benzene rings is 1. The van der Waals surface area contributed by atoms with Gasteiger partial charge in [0, 0.05) is 24.8 Å². The number of rotatable bonds is 5. The van der Waals surface area contributed by atoms with E-state index in [2.05, 4.69) is 64.6 Å². The smallest absolute Gasteiger partial charge is 0.152 e. The molecule has 1 aromatic carbocycles. The van der Waals surface area contributed by atoms with Crippen LogP contribution in [0.3, 0.4) is 0 Å². The summed E-state index contributed by atoms with van der Waals surface area (Å²) in [7, 11) is 0. The number of aryl methyl sites for hydroxylation is 1. The van der Waals surface area contributed by atoms with Crippen LogP contribution in [-0.4, -0.2) is 44.4 Å². The lowest BCUT2D eigenvalue weighted by Gasteiger charge is -2.34. The van der Waals surface area contributed by atoms with Gasteiger partial charge in [-0.1, -0.05) is 36.5 Å². The zero-order chi connectivity index (χ0) is 20.2. The number of fused-ring (bicyclic) bond motifs is 1. The maximum absolute atomic E-state index is 4.87. The Kier molecular flexibility index (Phi) is 5.68. The van der Waals surface area contributed by atoms with Crippen LogP contribution in [0.15, 0.2) is 36.7 Å². The number of aromatic amines is 1. The van der Waals surface area contributed by atoms with Gasteiger partial charge in [-0.15, -0.1) is 0 Å². The van der Waals surface area contributed by atoms with E-state index in [1.165, 1.54) is 11.3 Å². The van der Waals surface area contributed by atoms with E-state index in [1.807, 2.05) is 29.2 Å². The predicted molar refractivity (Wildman–Crippen MR) is 116 cm³/mol. The van der Waals surface area contributed by atoms with Crippen LogP contribution in [0, 0.1) is 18.8 Å². The molecule has 0 spiro atoms. The molecular weight excluding hydrogens is 360 g/mol. The fourth-order valence-electron chi connectivity index (χ4n) is 3.64. The number of hydrogen-bond donors (Lipinski definition) is 1. The molecule has 0 atom stereocenters. The molecule has 1 aliphatic heterocycles. The normalized spacial score (nSPS) is 13.8. The molecule has 0 saturated carbocycles. The molecular formula is C23H28N6. The van der Waals surface area contributed by atoms with Crippen molar-refractivity contribution in [3.63, 3.8) is 0 Å². The Labute approximate surface area is 172 Å². The van der Waals surface area contributed by atoms with Gasteiger partial charge < -0.3 is 9.88 Å². The van der Waals surface area contributed by atoms with Gasteiger partial charge in [-0.05, 0) is 38.9 Å². The molecule has 0 aliphatic carbocycles. The van der Waals surface area contributed by atoms with E-state index in [1.54, 1.807) is 0 Å². The van der Waals surface area contributed by atoms with Gasteiger partial charge in [0.2, 0.25) is 0 Å². The van der Waals surface area contributed by atoms with Gasteiger partial charge in [-0.2, -0.15) is 5.10 Å². The van der Waals surface area contributed by atoms with Crippen LogP contribution in [0.2, 0.25) is 0 Å². The molecule has 0 amide bonds. The number of imidazole rings is 1. The topological polar surface area (TPSA) is 53.0 Å². The fourth-order valence-corrected chi connectivity index (χ4v) is 3.64. The average molecular weight is 389 g/mol. The number of H-pyrrole nitrogens is 1. The van der Waals surface area contributed by atoms with Gasteiger partial charge in [0.1, 0.15) is 12.4 Å². The van der Waals surface area contributed by atoms with Crippen LogP contribution in [-0.2, 0) is 13.1 Å². The van der Waals surface area contributed by atoms with E-state index in [9.17, 15) is 0 Å². The number of nitrogens with zero attached hydrogens (tertiary/aromatic N) is 5. The van der Waals surface area contributed by atoms with Crippen LogP contribution in [0.5, 0.6) is 0 Å². The highest BCUT2D eigenvalue weighted by molar-refractivity contribution is 5.60. The Morgan fingerprint density at radius 2 is 2.00 bits per heavy atom. The SMILES string of the molecule is CCCN1Cc2[nH]c(-c3cnn(CC#Cc4ccc(C)cc4)c3)nc2N(CC)C1. The summed E-state index contributed by atoms with van der Waals surface area (Å²) < 4.78 is 1.86. The van der Waals surface area contributed by atoms with Crippen molar-refractivity contribution in [2.75, 3.05) is 24.7 Å². The Morgan fingerprint density at radius 1 is 1.17 bits per heavy atom. The van der Waals surface area contributed by atoms with E-state index in [4.69, 9.17) is 4.98 Å². The minimum Gasteiger partial charge on any atom is -0.342 e. The Balaban J connectivity index is 1.48. The molecule has 6 heteroatoms. The number of aromatic nitrogens is 4. The molecule has 3 aromatic rings. The van der Waals surface area contributed by atoms with Gasteiger partial charge in [-0.25, -0.2) is 4.98 Å². The standard InChI is InChI=1S/C23H28N6/c1-4-12-27-16-21-23(28(5-2)17-27)26-22(25-21)20-14-24-29(15-20)13-6-7-19-10-8-18(3)9-11-19/h8-11,14-15H,4-5,12-13,16-17H2,1-3H3,(H,25,26). The number of hydrogen-bond acceptors (Lipinski definition) is 4. The zero-order valence-corrected chi connectivity index (χ0v) is 17.4. The first-order valence-corrected chi connectivity index (χ1v) is 10.3. The van der Waals surface area contributed by atoms with Crippen molar-refractivity contribution in [1.82, 2.24) is 24.6 Å². The lowest BCUT2D eigenvalue weighted by molar-refractivity contribution is 0.250. The van der Waals surface area contributed by atoms with Crippen molar-refractivity contribution in [3.8, 4) is 23.2 Å². The maximum Gasteiger partial charge on any atom is 0.152 e. The summed E-state index contributed by atoms with van der Waals surface area (Å²) >= 11 is 0. The van der Waals surface area contributed by atoms with Crippen molar-refractivity contribution >= 4 is 5.82 Å². The molecule has 150 valence electrons. The minimum atomic E-state index is 0.555. The third-order valence-electron chi connectivity index (χ3n) is 5.16. The van der Waals surface area contributed by atoms with Crippen LogP contribution in [0.4, 0.5) is 5.82 Å². The van der Waals surface area contributed by atoms with E-state index < -0.39 is 0 Å². The average Bonchev–Trinajstić information content (AvgIpc) is 3.36. The summed E-state index contributed by atoms with van der Waals surface area (Å²) in [4.78, 5) is 13.2. The molecule has 1 N–H and O–H groups in total. The Bertz CT molecular complexity index is 1020. The summed E-state index contributed by atoms with van der Waals surface area (Å²) in [5.41, 5.74) is 4.45. The summed E-state index contributed by atoms with van der Waals surface area (Å²) in [5, 5.41) is 4.46. The molecule has 3 heterocycles. The quantitative estimate of drug-likeness (QED) is 0.678. The third kappa shape index (κ3) is 4.36. The van der Waals surface area contributed by atoms with Crippen LogP contribution in [0.25, 0.3) is 11.4 Å². The van der Waals surface area contributed by atoms with Crippen molar-refractivity contribution in [2.45, 2.75) is 40.3 Å². The zero-order valence-electron chi connectivity index (χ0n) is 17.4. The van der Waals surface area contributed by atoms with E-state index in [-0.39, 0.29) is 0 Å². The highest BCUT2D eigenvalue weighted by atomic mass is 15.4. The lowest BCUT2D eigenvalue weighted by atomic mass is 10.2. The summed E-state index contributed by atoms with van der Waals surface area (Å²) in [6.07, 6.45) is 5.02. The number of nitrogens with one attached hydrogen (secondary N) is 1. The van der Waals surface area contributed by atoms with Crippen molar-refractivity contribution in [3.05, 3.63) is 53.5 Å². The molecule has 4 rings (SSSR count). The maximum atomic E-state index is 4.87. The van der Waals surface area contributed by atoms with Crippen molar-refractivity contribution in [1.29, 1.82) is 0 Å². The molecule has 1 aliphatic rings. The second kappa shape index (κ2) is 8.54. The Morgan fingerprint density at radius 3 is 2.76 bits per heavy atom. The van der Waals surface area contributed by atoms with Crippen molar-refractivity contribution < 1.29 is 0 Å². The molecule has 0 unspecified atom stereocenters. The third-order valence-corrected chi connectivity index (χ3v) is 5.16. The first-order valence-electron chi connectivity index (χ1n) is 10.3. The molecule has 0 bridgehead atoms. The van der Waals surface area contributed by atoms with E-state index in [0.717, 1.165) is 55.5 Å². The number of anilines is 1. The van der Waals surface area contributed by atoms with Crippen molar-refractivity contribution in [2.24, 2.45) is 0 Å². The van der Waals surface area contributed by atoms with Gasteiger partial charge >= 0.3 is 0 Å². The molecule has 29 heavy (non-hydrogen) atoms. The molecule has 0 fully saturated rings. The lowest BCUT2D eigenvalue weighted by Crippen LogP contribution is -2.42. The summed E-state index contributed by atoms with van der Waals surface area (Å²) in [6, 6.07) is 8.25. The highest BCUT2D eigenvalue weighted by Gasteiger charge is 2.25. The van der Waals surface area contributed by atoms with Gasteiger partial charge in [-0.3, -0.25) is 9.58 Å². The van der Waals surface area contributed by atoms with Gasteiger partial charge in [0.15, 0.2) is 5.82 Å². The summed E-state index contributed by atoms with van der Waals surface area (Å²) in [6.45, 7) is 10.9. The first kappa shape index (κ1) is 19.3. The van der Waals surface area contributed by atoms with Crippen LogP contribution < -0.4 is 4.90 Å². The van der Waals surface area contributed by atoms with Gasteiger partial charge in [0.25, 0.3) is 0 Å². The second-order valence-electron chi connectivity index (χ2n) is 7.53. The Hall–Kier alpha value is -3.04. The van der Waals surface area contributed by atoms with Crippen LogP contribution in [0.1, 0.15) is 37.1 Å². The monoisotopic (exact) mass is 388 g/mol. The highest BCUT2D eigenvalue weighted by Crippen LogP contribution is 2.28. The second-order valence-corrected chi connectivity index (χ2v) is 7.53. The minimum absolute atomic E-state index is 0.555. The molecule has 0 saturated heterocycles. The van der Waals surface area contributed by atoms with Gasteiger partial charge in [0.05, 0.1) is 24.1 Å². The van der Waals surface area contributed by atoms with E-state index in [0.29, 0.717) is 6.54 Å². The van der Waals surface area contributed by atoms with E-state index >= 15 is 0 Å². The molecule has 2 aromatic heterocycles. The summed E-state index contributed by atoms with van der Waals surface area (Å²) in [5.74, 6) is 8.34. The predicted octanol–water partition coefficient (Wildman–Crippen LogP) is 3.64. The fraction of sp³-hybridized carbons (Fsp3) is 0.391. The molecule has 6 nitrogen and oxygen atoms in total. The largest absolute Gasteiger partial charge is 0.342 e. The van der Waals surface area contributed by atoms with Crippen LogP contribution >= 0.6 is 0 Å².